The molecule has 0 amide bonds. The molecule has 86 valence electrons. The molecule has 0 fully saturated rings. The predicted octanol–water partition coefficient (Wildman–Crippen LogP) is 0.988. The lowest BCUT2D eigenvalue weighted by Crippen LogP contribution is -2.08. The fourth-order valence-electron chi connectivity index (χ4n) is 1.11. The minimum Gasteiger partial charge on any atom is -0.388 e. The van der Waals surface area contributed by atoms with Gasteiger partial charge in [0.15, 0.2) is 0 Å². The Kier molecular flexibility index (Phi) is 3.81. The van der Waals surface area contributed by atoms with Crippen LogP contribution in [0.3, 0.4) is 0 Å². The number of benzene rings is 1. The highest BCUT2D eigenvalue weighted by Gasteiger charge is 2.14. The predicted molar refractivity (Wildman–Crippen MR) is 52.1 cm³/mol. The Labute approximate surface area is 90.1 Å². The van der Waals surface area contributed by atoms with Crippen molar-refractivity contribution < 1.29 is 29.9 Å². The Morgan fingerprint density at radius 1 is 1.06 bits per heavy atom. The maximum absolute atomic E-state index is 11.0. The molecule has 1 rings (SSSR count). The van der Waals surface area contributed by atoms with E-state index in [4.69, 9.17) is 10.5 Å². The van der Waals surface area contributed by atoms with Crippen LogP contribution >= 0.6 is 0 Å². The fourth-order valence-corrected chi connectivity index (χ4v) is 1.11. The summed E-state index contributed by atoms with van der Waals surface area (Å²) in [5, 5.41) is 19.1. The van der Waals surface area contributed by atoms with E-state index in [0.717, 1.165) is 6.07 Å². The summed E-state index contributed by atoms with van der Waals surface area (Å²) in [4.78, 5) is 29.1. The highest BCUT2D eigenvalue weighted by molar-refractivity contribution is 5.96. The van der Waals surface area contributed by atoms with Crippen molar-refractivity contribution in [1.82, 2.24) is 0 Å². The molecular weight excluding hydrogens is 218 g/mol. The number of hydrogen-bond donors (Lipinski definition) is 3. The van der Waals surface area contributed by atoms with E-state index in [1.807, 2.05) is 0 Å². The lowest BCUT2D eigenvalue weighted by atomic mass is 10.1. The van der Waals surface area contributed by atoms with Crippen LogP contribution in [-0.4, -0.2) is 29.5 Å². The number of rotatable bonds is 3. The normalized spacial score (nSPS) is 9.44. The molecule has 0 bridgehead atoms. The number of hydrogen-bond acceptors (Lipinski definition) is 7. The van der Waals surface area contributed by atoms with Gasteiger partial charge in [-0.25, -0.2) is 9.59 Å². The minimum absolute atomic E-state index is 0.0604. The number of carbonyl (C=O) groups excluding carboxylic acids is 2. The zero-order chi connectivity index (χ0) is 12.1. The SMILES string of the molecule is CNc1cc(C(=O)OO)cc(C(=O)OO)c1. The first-order chi connectivity index (χ1) is 7.62. The average Bonchev–Trinajstić information content (AvgIpc) is 2.35. The van der Waals surface area contributed by atoms with Gasteiger partial charge in [0.1, 0.15) is 0 Å². The molecule has 7 nitrogen and oxygen atoms in total. The van der Waals surface area contributed by atoms with Crippen molar-refractivity contribution in [2.75, 3.05) is 12.4 Å². The smallest absolute Gasteiger partial charge is 0.372 e. The lowest BCUT2D eigenvalue weighted by Gasteiger charge is -2.05. The highest BCUT2D eigenvalue weighted by atomic mass is 17.1. The summed E-state index contributed by atoms with van der Waals surface area (Å²) in [6, 6.07) is 3.82. The van der Waals surface area contributed by atoms with Crippen LogP contribution in [0.5, 0.6) is 0 Å². The number of nitrogens with one attached hydrogen (secondary N) is 1. The summed E-state index contributed by atoms with van der Waals surface area (Å²) in [6.07, 6.45) is 0. The summed E-state index contributed by atoms with van der Waals surface area (Å²) < 4.78 is 0. The summed E-state index contributed by atoms with van der Waals surface area (Å²) >= 11 is 0. The zero-order valence-electron chi connectivity index (χ0n) is 8.26. The second-order valence-corrected chi connectivity index (χ2v) is 2.81. The van der Waals surface area contributed by atoms with Crippen molar-refractivity contribution in [3.63, 3.8) is 0 Å². The van der Waals surface area contributed by atoms with E-state index in [2.05, 4.69) is 15.1 Å². The zero-order valence-corrected chi connectivity index (χ0v) is 8.26. The topological polar surface area (TPSA) is 105 Å². The molecule has 1 aromatic rings. The summed E-state index contributed by atoms with van der Waals surface area (Å²) in [7, 11) is 1.57. The van der Waals surface area contributed by atoms with E-state index >= 15 is 0 Å². The van der Waals surface area contributed by atoms with Crippen molar-refractivity contribution in [1.29, 1.82) is 0 Å². The number of anilines is 1. The molecule has 0 radical (unpaired) electrons. The van der Waals surface area contributed by atoms with Gasteiger partial charge in [0.2, 0.25) is 0 Å². The molecule has 0 unspecified atom stereocenters. The first kappa shape index (κ1) is 12.0. The third kappa shape index (κ3) is 2.47. The molecule has 0 aromatic heterocycles. The maximum atomic E-state index is 11.0. The molecule has 0 aliphatic rings. The van der Waals surface area contributed by atoms with Crippen LogP contribution in [0.15, 0.2) is 18.2 Å². The van der Waals surface area contributed by atoms with Gasteiger partial charge in [0.25, 0.3) is 0 Å². The Balaban J connectivity index is 3.20. The van der Waals surface area contributed by atoms with Crippen molar-refractivity contribution in [3.8, 4) is 0 Å². The molecule has 0 saturated carbocycles. The Bertz CT molecular complexity index is 382. The van der Waals surface area contributed by atoms with Crippen LogP contribution < -0.4 is 5.32 Å². The average molecular weight is 227 g/mol. The molecule has 0 aliphatic heterocycles. The van der Waals surface area contributed by atoms with Gasteiger partial charge in [0, 0.05) is 12.7 Å². The van der Waals surface area contributed by atoms with Gasteiger partial charge in [0.05, 0.1) is 11.1 Å². The molecular formula is C9H9NO6. The molecule has 0 aliphatic carbocycles. The molecule has 3 N–H and O–H groups in total. The summed E-state index contributed by atoms with van der Waals surface area (Å²) in [5.74, 6) is -2.05. The van der Waals surface area contributed by atoms with Crippen LogP contribution in [0, 0.1) is 0 Å². The van der Waals surface area contributed by atoms with Gasteiger partial charge in [-0.2, -0.15) is 10.5 Å². The third-order valence-electron chi connectivity index (χ3n) is 1.86. The fraction of sp³-hybridized carbons (Fsp3) is 0.111. The largest absolute Gasteiger partial charge is 0.388 e. The van der Waals surface area contributed by atoms with Gasteiger partial charge in [-0.05, 0) is 18.2 Å². The van der Waals surface area contributed by atoms with E-state index in [-0.39, 0.29) is 11.1 Å². The molecule has 0 saturated heterocycles. The molecule has 1 aromatic carbocycles. The van der Waals surface area contributed by atoms with E-state index in [9.17, 15) is 9.59 Å². The Morgan fingerprint density at radius 2 is 1.50 bits per heavy atom. The van der Waals surface area contributed by atoms with Gasteiger partial charge in [-0.3, -0.25) is 9.78 Å². The molecule has 16 heavy (non-hydrogen) atoms. The van der Waals surface area contributed by atoms with Crippen LogP contribution in [0.2, 0.25) is 0 Å². The molecule has 7 heteroatoms. The van der Waals surface area contributed by atoms with E-state index < -0.39 is 11.9 Å². The minimum atomic E-state index is -1.02. The van der Waals surface area contributed by atoms with Crippen LogP contribution in [0.4, 0.5) is 5.69 Å². The van der Waals surface area contributed by atoms with Gasteiger partial charge < -0.3 is 5.32 Å². The van der Waals surface area contributed by atoms with Gasteiger partial charge >= 0.3 is 11.9 Å². The molecule has 0 heterocycles. The quantitative estimate of drug-likeness (QED) is 0.522. The second kappa shape index (κ2) is 5.10. The van der Waals surface area contributed by atoms with Gasteiger partial charge in [-0.15, -0.1) is 0 Å². The molecule has 0 spiro atoms. The third-order valence-corrected chi connectivity index (χ3v) is 1.86. The van der Waals surface area contributed by atoms with Crippen LogP contribution in [0.25, 0.3) is 0 Å². The Hall–Kier alpha value is -2.12. The summed E-state index contributed by atoms with van der Waals surface area (Å²) in [6.45, 7) is 0. The van der Waals surface area contributed by atoms with Gasteiger partial charge in [-0.1, -0.05) is 0 Å². The van der Waals surface area contributed by atoms with Crippen molar-refractivity contribution in [2.45, 2.75) is 0 Å². The molecule has 0 atom stereocenters. The van der Waals surface area contributed by atoms with E-state index in [1.165, 1.54) is 12.1 Å². The van der Waals surface area contributed by atoms with Crippen LogP contribution in [-0.2, 0) is 9.78 Å². The monoisotopic (exact) mass is 227 g/mol. The van der Waals surface area contributed by atoms with Crippen molar-refractivity contribution in [3.05, 3.63) is 29.3 Å². The van der Waals surface area contributed by atoms with E-state index in [0.29, 0.717) is 5.69 Å². The van der Waals surface area contributed by atoms with Crippen molar-refractivity contribution in [2.24, 2.45) is 0 Å². The van der Waals surface area contributed by atoms with E-state index in [1.54, 1.807) is 7.05 Å². The first-order valence-corrected chi connectivity index (χ1v) is 4.16. The lowest BCUT2D eigenvalue weighted by molar-refractivity contribution is -0.183. The number of carbonyl (C=O) groups is 2. The first-order valence-electron chi connectivity index (χ1n) is 4.16. The Morgan fingerprint density at radius 3 is 1.81 bits per heavy atom. The van der Waals surface area contributed by atoms with Crippen molar-refractivity contribution >= 4 is 17.6 Å². The standard InChI is InChI=1S/C9H9NO6/c1-10-7-3-5(8(11)15-13)2-6(4-7)9(12)16-14/h2-4,10,13-14H,1H3. The summed E-state index contributed by atoms with van der Waals surface area (Å²) in [5.41, 5.74) is 0.299. The van der Waals surface area contributed by atoms with Crippen LogP contribution in [0.1, 0.15) is 20.7 Å². The highest BCUT2D eigenvalue weighted by Crippen LogP contribution is 2.16. The second-order valence-electron chi connectivity index (χ2n) is 2.81. The maximum Gasteiger partial charge on any atom is 0.372 e.